The number of fused-ring (bicyclic) bond motifs is 1. The molecule has 0 fully saturated rings. The van der Waals surface area contributed by atoms with Gasteiger partial charge in [0, 0.05) is 30.4 Å². The average Bonchev–Trinajstić information content (AvgIpc) is 3.00. The molecule has 148 valence electrons. The lowest BCUT2D eigenvalue weighted by molar-refractivity contribution is 0.0954. The highest BCUT2D eigenvalue weighted by Gasteiger charge is 2.26. The van der Waals surface area contributed by atoms with Crippen molar-refractivity contribution < 1.29 is 9.59 Å². The van der Waals surface area contributed by atoms with E-state index in [1.165, 1.54) is 22.4 Å². The first-order chi connectivity index (χ1) is 12.2. The third-order valence-corrected chi connectivity index (χ3v) is 5.42. The van der Waals surface area contributed by atoms with Gasteiger partial charge >= 0.3 is 0 Å². The fourth-order valence-electron chi connectivity index (χ4n) is 2.96. The van der Waals surface area contributed by atoms with E-state index >= 15 is 0 Å². The molecule has 0 radical (unpaired) electrons. The smallest absolute Gasteiger partial charge is 0.257 e. The van der Waals surface area contributed by atoms with Crippen molar-refractivity contribution >= 4 is 53.0 Å². The number of hydrogen-bond donors (Lipinski definition) is 3. The third kappa shape index (κ3) is 5.65. The predicted molar refractivity (Wildman–Crippen MR) is 114 cm³/mol. The summed E-state index contributed by atoms with van der Waals surface area (Å²) in [5.41, 5.74) is 2.21. The number of thiophene rings is 1. The molecule has 0 bridgehead atoms. The van der Waals surface area contributed by atoms with Gasteiger partial charge in [0.2, 0.25) is 0 Å². The van der Waals surface area contributed by atoms with Crippen LogP contribution in [0.5, 0.6) is 0 Å². The van der Waals surface area contributed by atoms with Crippen molar-refractivity contribution in [2.45, 2.75) is 25.7 Å². The molecule has 0 saturated carbocycles. The molecular weight excluding hydrogens is 407 g/mol. The second-order valence-corrected chi connectivity index (χ2v) is 7.08. The Morgan fingerprint density at radius 3 is 2.63 bits per heavy atom. The van der Waals surface area contributed by atoms with Gasteiger partial charge in [-0.2, -0.15) is 0 Å². The Balaban J connectivity index is 0.00000182. The first-order valence-electron chi connectivity index (χ1n) is 8.49. The number of aromatic nitrogens is 1. The van der Waals surface area contributed by atoms with Gasteiger partial charge in [0.15, 0.2) is 0 Å². The second-order valence-electron chi connectivity index (χ2n) is 5.97. The van der Waals surface area contributed by atoms with E-state index in [4.69, 9.17) is 0 Å². The Hall–Kier alpha value is -1.67. The normalized spacial score (nSPS) is 12.2. The van der Waals surface area contributed by atoms with E-state index < -0.39 is 0 Å². The maximum Gasteiger partial charge on any atom is 0.257 e. The van der Waals surface area contributed by atoms with Crippen molar-refractivity contribution in [2.75, 3.05) is 25.5 Å². The summed E-state index contributed by atoms with van der Waals surface area (Å²) in [6.45, 7) is 1.26. The van der Waals surface area contributed by atoms with Crippen LogP contribution in [0.15, 0.2) is 24.5 Å². The van der Waals surface area contributed by atoms with Gasteiger partial charge in [-0.05, 0) is 50.4 Å². The molecule has 0 spiro atoms. The van der Waals surface area contributed by atoms with Crippen molar-refractivity contribution in [3.63, 3.8) is 0 Å². The monoisotopic (exact) mass is 430 g/mol. The molecular formula is C18H24Cl2N4O2S. The third-order valence-electron chi connectivity index (χ3n) is 4.21. The van der Waals surface area contributed by atoms with Crippen molar-refractivity contribution in [3.8, 4) is 0 Å². The molecule has 3 N–H and O–H groups in total. The number of carbonyl (C=O) groups is 2. The van der Waals surface area contributed by atoms with Gasteiger partial charge in [-0.25, -0.2) is 0 Å². The van der Waals surface area contributed by atoms with E-state index in [2.05, 4.69) is 20.9 Å². The Morgan fingerprint density at radius 1 is 1.15 bits per heavy atom. The minimum atomic E-state index is -0.240. The zero-order valence-corrected chi connectivity index (χ0v) is 17.5. The van der Waals surface area contributed by atoms with Gasteiger partial charge in [-0.15, -0.1) is 36.2 Å². The fourth-order valence-corrected chi connectivity index (χ4v) is 4.24. The quantitative estimate of drug-likeness (QED) is 0.614. The first-order valence-corrected chi connectivity index (χ1v) is 9.31. The van der Waals surface area contributed by atoms with Crippen LogP contribution in [0.25, 0.3) is 0 Å². The largest absolute Gasteiger partial charge is 0.351 e. The highest BCUT2D eigenvalue weighted by molar-refractivity contribution is 7.17. The Bertz CT molecular complexity index is 768. The first kappa shape index (κ1) is 23.4. The molecule has 0 atom stereocenters. The summed E-state index contributed by atoms with van der Waals surface area (Å²) in [5.74, 6) is -0.355. The summed E-state index contributed by atoms with van der Waals surface area (Å²) in [6.07, 6.45) is 7.22. The number of hydrogen-bond acceptors (Lipinski definition) is 5. The van der Waals surface area contributed by atoms with Gasteiger partial charge in [0.25, 0.3) is 11.8 Å². The van der Waals surface area contributed by atoms with Crippen molar-refractivity contribution in [2.24, 2.45) is 0 Å². The molecule has 6 nitrogen and oxygen atoms in total. The number of rotatable bonds is 6. The lowest BCUT2D eigenvalue weighted by Crippen LogP contribution is -2.31. The van der Waals surface area contributed by atoms with Gasteiger partial charge in [0.05, 0.1) is 11.1 Å². The molecule has 1 aliphatic rings. The maximum absolute atomic E-state index is 12.7. The summed E-state index contributed by atoms with van der Waals surface area (Å²) in [4.78, 5) is 30.4. The highest BCUT2D eigenvalue weighted by atomic mass is 35.5. The zero-order valence-electron chi connectivity index (χ0n) is 15.0. The van der Waals surface area contributed by atoms with E-state index in [0.29, 0.717) is 29.2 Å². The number of anilines is 1. The maximum atomic E-state index is 12.7. The Morgan fingerprint density at radius 2 is 1.93 bits per heavy atom. The average molecular weight is 431 g/mol. The number of nitrogens with one attached hydrogen (secondary N) is 3. The number of aryl methyl sites for hydroxylation is 1. The summed E-state index contributed by atoms with van der Waals surface area (Å²) in [5, 5.41) is 9.50. The molecule has 0 aromatic carbocycles. The van der Waals surface area contributed by atoms with Gasteiger partial charge in [-0.3, -0.25) is 14.6 Å². The van der Waals surface area contributed by atoms with Gasteiger partial charge in [-0.1, -0.05) is 0 Å². The molecule has 3 rings (SSSR count). The summed E-state index contributed by atoms with van der Waals surface area (Å²) in [7, 11) is 1.85. The number of pyridine rings is 1. The van der Waals surface area contributed by atoms with Crippen LogP contribution in [-0.4, -0.2) is 36.9 Å². The summed E-state index contributed by atoms with van der Waals surface area (Å²) in [6, 6.07) is 3.43. The molecule has 0 aliphatic heterocycles. The number of likely N-dealkylation sites (N-methyl/N-ethyl adjacent to an activating group) is 1. The molecule has 2 aromatic heterocycles. The van der Waals surface area contributed by atoms with Crippen LogP contribution in [-0.2, 0) is 12.8 Å². The fraction of sp³-hybridized carbons (Fsp3) is 0.389. The van der Waals surface area contributed by atoms with Crippen LogP contribution < -0.4 is 16.0 Å². The summed E-state index contributed by atoms with van der Waals surface area (Å²) >= 11 is 1.52. The zero-order chi connectivity index (χ0) is 17.6. The molecule has 1 aliphatic carbocycles. The van der Waals surface area contributed by atoms with E-state index in [1.54, 1.807) is 18.3 Å². The van der Waals surface area contributed by atoms with Crippen molar-refractivity contribution in [3.05, 3.63) is 46.1 Å². The van der Waals surface area contributed by atoms with Crippen LogP contribution >= 0.6 is 36.2 Å². The Labute approximate surface area is 175 Å². The van der Waals surface area contributed by atoms with Crippen LogP contribution in [0, 0.1) is 0 Å². The lowest BCUT2D eigenvalue weighted by Gasteiger charge is -2.13. The van der Waals surface area contributed by atoms with Crippen LogP contribution in [0.2, 0.25) is 0 Å². The second kappa shape index (κ2) is 11.2. The topological polar surface area (TPSA) is 83.1 Å². The van der Waals surface area contributed by atoms with Gasteiger partial charge in [0.1, 0.15) is 5.00 Å². The van der Waals surface area contributed by atoms with E-state index in [1.807, 2.05) is 7.05 Å². The molecule has 0 saturated heterocycles. The molecule has 27 heavy (non-hydrogen) atoms. The van der Waals surface area contributed by atoms with E-state index in [9.17, 15) is 9.59 Å². The Kier molecular flexibility index (Phi) is 9.73. The molecule has 2 heterocycles. The van der Waals surface area contributed by atoms with Gasteiger partial charge < -0.3 is 16.0 Å². The van der Waals surface area contributed by atoms with Crippen molar-refractivity contribution in [1.82, 2.24) is 15.6 Å². The highest BCUT2D eigenvalue weighted by Crippen LogP contribution is 2.38. The van der Waals surface area contributed by atoms with Crippen molar-refractivity contribution in [1.29, 1.82) is 0 Å². The van der Waals surface area contributed by atoms with E-state index in [0.717, 1.165) is 31.2 Å². The molecule has 0 unspecified atom stereocenters. The van der Waals surface area contributed by atoms with E-state index in [-0.39, 0.29) is 36.6 Å². The molecule has 2 amide bonds. The summed E-state index contributed by atoms with van der Waals surface area (Å²) < 4.78 is 0. The van der Waals surface area contributed by atoms with Crippen LogP contribution in [0.1, 0.15) is 44.0 Å². The lowest BCUT2D eigenvalue weighted by atomic mass is 9.95. The SMILES string of the molecule is CNCCNC(=O)c1c(NC(=O)c2cccnc2)sc2c1CCCC2.Cl.Cl. The van der Waals surface area contributed by atoms with Crippen LogP contribution in [0.3, 0.4) is 0 Å². The molecule has 2 aromatic rings. The standard InChI is InChI=1S/C18H22N4O2S.2ClH/c1-19-9-10-21-17(24)15-13-6-2-3-7-14(13)25-18(15)22-16(23)12-5-4-8-20-11-12;;/h4-5,8,11,19H,2-3,6-7,9-10H2,1H3,(H,21,24)(H,22,23);2*1H. The minimum absolute atomic E-state index is 0. The number of carbonyl (C=O) groups excluding carboxylic acids is 2. The van der Waals surface area contributed by atoms with Crippen LogP contribution in [0.4, 0.5) is 5.00 Å². The molecule has 9 heteroatoms. The number of halogens is 2. The predicted octanol–water partition coefficient (Wildman–Crippen LogP) is 3.07. The minimum Gasteiger partial charge on any atom is -0.351 e. The number of amides is 2. The number of nitrogens with zero attached hydrogens (tertiary/aromatic N) is 1.